The molecule has 17 heteroatoms. The summed E-state index contributed by atoms with van der Waals surface area (Å²) in [5.41, 5.74) is 4.00. The lowest BCUT2D eigenvalue weighted by molar-refractivity contribution is -0.385. The third-order valence-corrected chi connectivity index (χ3v) is 5.44. The van der Waals surface area contributed by atoms with Gasteiger partial charge in [0.1, 0.15) is 34.3 Å². The Kier molecular flexibility index (Phi) is 14.4. The number of nitro benzene ring substituents is 2. The zero-order valence-corrected chi connectivity index (χ0v) is 23.8. The molecule has 2 heterocycles. The second-order valence-corrected chi connectivity index (χ2v) is 8.68. The molecule has 2 aromatic heterocycles. The summed E-state index contributed by atoms with van der Waals surface area (Å²) in [5.74, 6) is -0.662. The number of anilines is 2. The summed E-state index contributed by atoms with van der Waals surface area (Å²) in [6.45, 7) is 0. The molecule has 0 atom stereocenters. The van der Waals surface area contributed by atoms with Gasteiger partial charge in [-0.1, -0.05) is 30.6 Å². The molecule has 0 fully saturated rings. The fourth-order valence-electron chi connectivity index (χ4n) is 2.98. The molecule has 0 unspecified atom stereocenters. The van der Waals surface area contributed by atoms with E-state index in [0.717, 1.165) is 12.1 Å². The number of aromatic carboxylic acids is 1. The number of nitrogens with one attached hydrogen (secondary N) is 1. The van der Waals surface area contributed by atoms with Crippen molar-refractivity contribution in [3.63, 3.8) is 0 Å². The van der Waals surface area contributed by atoms with E-state index in [1.165, 1.54) is 56.9 Å². The highest BCUT2D eigenvalue weighted by Gasteiger charge is 2.22. The smallest absolute Gasteiger partial charge is 0.342 e. The van der Waals surface area contributed by atoms with E-state index in [1.807, 2.05) is 0 Å². The predicted molar refractivity (Wildman–Crippen MR) is 166 cm³/mol. The quantitative estimate of drug-likeness (QED) is 0.146. The summed E-state index contributed by atoms with van der Waals surface area (Å²) < 4.78 is 9.72. The van der Waals surface area contributed by atoms with Gasteiger partial charge in [0.05, 0.1) is 34.1 Å². The number of carboxylic acids is 1. The fraction of sp³-hybridized carbons (Fsp3) is 0.111. The van der Waals surface area contributed by atoms with Gasteiger partial charge in [-0.3, -0.25) is 25.0 Å². The van der Waals surface area contributed by atoms with Gasteiger partial charge in [0.25, 0.3) is 17.3 Å². The Bertz CT molecular complexity index is 1590. The zero-order chi connectivity index (χ0) is 32.1. The van der Waals surface area contributed by atoms with Crippen LogP contribution >= 0.6 is 23.2 Å². The van der Waals surface area contributed by atoms with Gasteiger partial charge in [-0.15, -0.1) is 0 Å². The summed E-state index contributed by atoms with van der Waals surface area (Å²) in [4.78, 5) is 50.4. The van der Waals surface area contributed by atoms with Gasteiger partial charge in [0.2, 0.25) is 0 Å². The number of carboxylic acid groups (broad SMARTS) is 1. The number of amides is 1. The predicted octanol–water partition coefficient (Wildman–Crippen LogP) is 6.41. The Morgan fingerprint density at radius 2 is 1.32 bits per heavy atom. The van der Waals surface area contributed by atoms with Crippen LogP contribution in [0.3, 0.4) is 0 Å². The van der Waals surface area contributed by atoms with Gasteiger partial charge >= 0.3 is 5.97 Å². The molecule has 4 aromatic rings. The molecule has 15 nitrogen and oxygen atoms in total. The summed E-state index contributed by atoms with van der Waals surface area (Å²) in [5, 5.41) is 33.6. The number of hydrogen-bond donors (Lipinski definition) is 3. The van der Waals surface area contributed by atoms with E-state index in [0.29, 0.717) is 21.6 Å². The molecule has 1 amide bonds. The number of nitro groups is 2. The van der Waals surface area contributed by atoms with Crippen molar-refractivity contribution in [2.75, 3.05) is 25.3 Å². The number of hydrogen-bond acceptors (Lipinski definition) is 11. The van der Waals surface area contributed by atoms with Crippen LogP contribution < -0.4 is 20.5 Å². The molecule has 0 spiro atoms. The van der Waals surface area contributed by atoms with E-state index in [1.54, 1.807) is 18.2 Å². The average Bonchev–Trinajstić information content (AvgIpc) is 2.99. The second-order valence-electron chi connectivity index (χ2n) is 7.80. The molecule has 0 bridgehead atoms. The van der Waals surface area contributed by atoms with E-state index in [2.05, 4.69) is 15.3 Å². The van der Waals surface area contributed by atoms with Crippen LogP contribution in [0.5, 0.6) is 11.5 Å². The van der Waals surface area contributed by atoms with Crippen LogP contribution in [0.1, 0.15) is 29.6 Å². The maximum absolute atomic E-state index is 12.1. The van der Waals surface area contributed by atoms with Crippen molar-refractivity contribution < 1.29 is 35.4 Å². The van der Waals surface area contributed by atoms with Gasteiger partial charge in [-0.25, -0.2) is 14.8 Å². The molecule has 234 valence electrons. The topological polar surface area (TPSA) is 223 Å². The monoisotopic (exact) mass is 651 g/mol. The van der Waals surface area contributed by atoms with E-state index < -0.39 is 27.4 Å². The van der Waals surface area contributed by atoms with Gasteiger partial charge in [-0.2, -0.15) is 0 Å². The van der Waals surface area contributed by atoms with Crippen LogP contribution in [-0.2, 0) is 0 Å². The van der Waals surface area contributed by atoms with Crippen LogP contribution in [0.4, 0.5) is 23.0 Å². The third-order valence-electron chi connectivity index (χ3n) is 5.00. The number of nitrogens with zero attached hydrogens (tertiary/aromatic N) is 4. The molecule has 0 aliphatic heterocycles. The van der Waals surface area contributed by atoms with E-state index >= 15 is 0 Å². The van der Waals surface area contributed by atoms with Crippen LogP contribution in [-0.4, -0.2) is 51.0 Å². The molecule has 2 aromatic carbocycles. The van der Waals surface area contributed by atoms with E-state index in [9.17, 15) is 29.8 Å². The number of carbonyl (C=O) groups excluding carboxylic acids is 1. The normalized spacial score (nSPS) is 9.45. The molecule has 0 aliphatic carbocycles. The molecule has 0 aliphatic rings. The first-order chi connectivity index (χ1) is 20.4. The SMILES string of the molecule is C.COc1ccc([N+](=O)[O-])c(C(=O)Nc2ccc(Cl)cn2)c1.COc1ccc([N+](=O)[O-])c(C(=O)O)c1.Nc1ccc(Cl)cn1.[2HH]. The number of nitrogen functional groups attached to an aromatic ring is 1. The fourth-order valence-corrected chi connectivity index (χ4v) is 3.20. The Balaban J connectivity index is 0.000000697. The summed E-state index contributed by atoms with van der Waals surface area (Å²) >= 11 is 11.2. The standard InChI is InChI=1S/C13H10ClN3O4.C8H7NO5.C5H5ClN2.CH4.H2/c1-21-9-3-4-11(17(19)20)10(6-9)13(18)16-12-5-2-8(14)7-15-12;1-14-5-2-3-7(9(12)13)6(4-5)8(10)11;6-4-1-2-5(7)8-3-4;;/h2-7H,1H3,(H,15,16,18);2-4H,1H3,(H,10,11);1-3H,(H2,7,8);1H4;1H/i;;;;1+1. The summed E-state index contributed by atoms with van der Waals surface area (Å²) in [6, 6.07) is 13.9. The van der Waals surface area contributed by atoms with Crippen molar-refractivity contribution in [3.05, 3.63) is 114 Å². The average molecular weight is 652 g/mol. The van der Waals surface area contributed by atoms with E-state index in [-0.39, 0.29) is 37.2 Å². The Hall–Kier alpha value is -5.54. The first kappa shape index (κ1) is 36.5. The number of ether oxygens (including phenoxy) is 2. The maximum atomic E-state index is 12.1. The minimum atomic E-state index is -1.35. The summed E-state index contributed by atoms with van der Waals surface area (Å²) in [6.07, 6.45) is 2.87. The van der Waals surface area contributed by atoms with Gasteiger partial charge in [0.15, 0.2) is 0 Å². The van der Waals surface area contributed by atoms with Crippen molar-refractivity contribution >= 4 is 58.1 Å². The maximum Gasteiger partial charge on any atom is 0.342 e. The number of nitrogens with two attached hydrogens (primary N) is 1. The molecule has 44 heavy (non-hydrogen) atoms. The van der Waals surface area contributed by atoms with Crippen molar-refractivity contribution in [2.45, 2.75) is 7.43 Å². The molecule has 0 saturated heterocycles. The molecule has 4 rings (SSSR count). The van der Waals surface area contributed by atoms with Gasteiger partial charge in [-0.05, 0) is 42.5 Å². The third kappa shape index (κ3) is 11.0. The molecule has 0 saturated carbocycles. The second kappa shape index (κ2) is 17.4. The summed E-state index contributed by atoms with van der Waals surface area (Å²) in [7, 11) is 2.76. The zero-order valence-electron chi connectivity index (χ0n) is 22.3. The van der Waals surface area contributed by atoms with Gasteiger partial charge < -0.3 is 25.6 Å². The first-order valence-electron chi connectivity index (χ1n) is 11.5. The molecule has 4 N–H and O–H groups in total. The van der Waals surface area contributed by atoms with Crippen molar-refractivity contribution in [1.29, 1.82) is 0 Å². The lowest BCUT2D eigenvalue weighted by atomic mass is 10.1. The van der Waals surface area contributed by atoms with Crippen molar-refractivity contribution in [3.8, 4) is 11.5 Å². The number of methoxy groups -OCH3 is 2. The van der Waals surface area contributed by atoms with Crippen LogP contribution in [0.25, 0.3) is 0 Å². The number of rotatable bonds is 7. The number of benzene rings is 2. The minimum Gasteiger partial charge on any atom is -0.497 e. The lowest BCUT2D eigenvalue weighted by Crippen LogP contribution is -2.15. The number of aromatic nitrogens is 2. The highest BCUT2D eigenvalue weighted by Crippen LogP contribution is 2.25. The largest absolute Gasteiger partial charge is 0.497 e. The number of halogens is 2. The van der Waals surface area contributed by atoms with Crippen LogP contribution in [0, 0.1) is 20.2 Å². The Morgan fingerprint density at radius 1 is 0.841 bits per heavy atom. The Morgan fingerprint density at radius 3 is 1.70 bits per heavy atom. The van der Waals surface area contributed by atoms with Crippen molar-refractivity contribution in [1.82, 2.24) is 9.97 Å². The van der Waals surface area contributed by atoms with Crippen LogP contribution in [0.15, 0.2) is 73.1 Å². The van der Waals surface area contributed by atoms with Crippen LogP contribution in [0.2, 0.25) is 10.0 Å². The minimum absolute atomic E-state index is 0. The molecular weight excluding hydrogens is 623 g/mol. The highest BCUT2D eigenvalue weighted by molar-refractivity contribution is 6.30. The number of carbonyl (C=O) groups is 2. The number of pyridine rings is 2. The lowest BCUT2D eigenvalue weighted by Gasteiger charge is -2.07. The molecule has 0 radical (unpaired) electrons. The highest BCUT2D eigenvalue weighted by atomic mass is 35.5. The molecular formula is C27H28Cl2N6O9. The Labute approximate surface area is 262 Å². The van der Waals surface area contributed by atoms with Crippen molar-refractivity contribution in [2.24, 2.45) is 0 Å². The first-order valence-corrected chi connectivity index (χ1v) is 12.3. The van der Waals surface area contributed by atoms with E-state index in [4.69, 9.17) is 43.5 Å². The van der Waals surface area contributed by atoms with Gasteiger partial charge in [0, 0.05) is 32.0 Å².